The molecule has 0 atom stereocenters. The number of alkyl halides is 3. The molecule has 13 nitrogen and oxygen atoms in total. The SMILES string of the molecule is C.CCN(C)C=Nc1cc(OC)c(Oc2ccc(Cl)c(C(F)(F)F)c2)cc1C.CCN(C)C=Nc1cc(OC)c(Oc2nc(Cl)c(Cl)s2)cc1C.COc1cc(N=CN(C)C(C)C)c(C)cc1Oc1ccccc1. The monoisotopic (exact) mass is 1100 g/mol. The number of aliphatic imine (C=N–C) groups is 3. The first-order valence-corrected chi connectivity index (χ1v) is 24.6. The van der Waals surface area contributed by atoms with E-state index in [1.807, 2.05) is 120 Å². The fourth-order valence-electron chi connectivity index (χ4n) is 5.79. The van der Waals surface area contributed by atoms with E-state index in [9.17, 15) is 13.2 Å². The number of methoxy groups -OCH3 is 3. The highest BCUT2D eigenvalue weighted by atomic mass is 35.5. The third kappa shape index (κ3) is 18.5. The summed E-state index contributed by atoms with van der Waals surface area (Å²) in [6.07, 6.45) is 0.740. The van der Waals surface area contributed by atoms with Crippen LogP contribution in [0, 0.1) is 20.8 Å². The number of thiazole rings is 1. The Morgan fingerprint density at radius 2 is 1.04 bits per heavy atom. The lowest BCUT2D eigenvalue weighted by Crippen LogP contribution is -2.24. The number of halogens is 6. The molecule has 0 aliphatic heterocycles. The van der Waals surface area contributed by atoms with Crippen LogP contribution in [-0.4, -0.2) is 100 Å². The van der Waals surface area contributed by atoms with Gasteiger partial charge in [-0.05, 0) is 114 Å². The molecule has 0 N–H and O–H groups in total. The molecule has 6 aromatic rings. The van der Waals surface area contributed by atoms with Crippen LogP contribution >= 0.6 is 46.1 Å². The summed E-state index contributed by atoms with van der Waals surface area (Å²) in [5, 5.41) is 0.202. The van der Waals surface area contributed by atoms with E-state index in [2.05, 4.69) is 45.6 Å². The van der Waals surface area contributed by atoms with Crippen LogP contribution in [0.5, 0.6) is 51.2 Å². The maximum atomic E-state index is 13.0. The van der Waals surface area contributed by atoms with Crippen molar-refractivity contribution in [3.8, 4) is 51.2 Å². The molecule has 0 aliphatic rings. The fraction of sp³-hybridized carbons (Fsp3) is 0.333. The molecule has 0 amide bonds. The van der Waals surface area contributed by atoms with Crippen LogP contribution in [0.1, 0.15) is 57.4 Å². The van der Waals surface area contributed by atoms with Gasteiger partial charge in [-0.25, -0.2) is 15.0 Å². The van der Waals surface area contributed by atoms with Gasteiger partial charge in [-0.1, -0.05) is 71.8 Å². The second-order valence-corrected chi connectivity index (χ2v) is 18.6. The van der Waals surface area contributed by atoms with Gasteiger partial charge in [0.05, 0.1) is 68.0 Å². The Balaban J connectivity index is 0.000000292. The van der Waals surface area contributed by atoms with E-state index >= 15 is 0 Å². The van der Waals surface area contributed by atoms with Crippen LogP contribution in [-0.2, 0) is 6.18 Å². The molecule has 400 valence electrons. The van der Waals surface area contributed by atoms with Crippen LogP contribution in [0.3, 0.4) is 0 Å². The minimum atomic E-state index is -4.57. The number of rotatable bonds is 18. The molecule has 1 heterocycles. The van der Waals surface area contributed by atoms with Gasteiger partial charge >= 0.3 is 6.18 Å². The van der Waals surface area contributed by atoms with Crippen molar-refractivity contribution in [1.82, 2.24) is 19.7 Å². The summed E-state index contributed by atoms with van der Waals surface area (Å²) in [6, 6.07) is 24.3. The molecule has 0 spiro atoms. The fourth-order valence-corrected chi connectivity index (χ4v) is 7.05. The summed E-state index contributed by atoms with van der Waals surface area (Å²) in [5.74, 6) is 3.88. The van der Waals surface area contributed by atoms with E-state index in [0.717, 1.165) is 70.4 Å². The van der Waals surface area contributed by atoms with E-state index in [1.165, 1.54) is 13.2 Å². The van der Waals surface area contributed by atoms with Crippen molar-refractivity contribution in [2.24, 2.45) is 15.0 Å². The van der Waals surface area contributed by atoms with Gasteiger partial charge in [0.25, 0.3) is 5.19 Å². The van der Waals surface area contributed by atoms with Crippen LogP contribution in [0.25, 0.3) is 0 Å². The standard InChI is InChI=1S/C19H20ClF3N2O2.C19H24N2O2.C15H17Cl2N3O2S.CH4/c1-5-25(3)11-24-16-10-17(26-4)18(8-12(16)2)27-13-6-7-15(20)14(9-13)19(21,22)23;1-14(2)21(4)13-20-17-12-18(22-5)19(11-15(17)3)23-16-9-7-6-8-10-16;1-5-20(3)8-18-10-7-11(21-4)12(6-9(10)2)22-15-19-13(16)14(17)23-15;/h6-11H,5H2,1-4H3;6-14H,1-5H3;6-8H,5H2,1-4H3;1H4. The van der Waals surface area contributed by atoms with Gasteiger partial charge in [0.15, 0.2) is 39.7 Å². The number of aromatic nitrogens is 1. The third-order valence-corrected chi connectivity index (χ3v) is 12.5. The maximum absolute atomic E-state index is 13.0. The Labute approximate surface area is 452 Å². The van der Waals surface area contributed by atoms with Crippen molar-refractivity contribution in [2.45, 2.75) is 68.1 Å². The summed E-state index contributed by atoms with van der Waals surface area (Å²) < 4.78 is 72.9. The quantitative estimate of drug-likeness (QED) is 0.0609. The highest BCUT2D eigenvalue weighted by Gasteiger charge is 2.33. The molecule has 6 rings (SSSR count). The topological polar surface area (TPSA) is 115 Å². The highest BCUT2D eigenvalue weighted by molar-refractivity contribution is 7.18. The molecule has 0 fully saturated rings. The van der Waals surface area contributed by atoms with E-state index in [4.69, 9.17) is 63.2 Å². The van der Waals surface area contributed by atoms with E-state index < -0.39 is 11.7 Å². The molecule has 1 aromatic heterocycles. The van der Waals surface area contributed by atoms with E-state index in [0.29, 0.717) is 50.0 Å². The maximum Gasteiger partial charge on any atom is 0.417 e. The Kier molecular flexibility index (Phi) is 24.7. The Bertz CT molecular complexity index is 2810. The summed E-state index contributed by atoms with van der Waals surface area (Å²) in [4.78, 5) is 23.4. The van der Waals surface area contributed by atoms with E-state index in [1.54, 1.807) is 39.0 Å². The minimum Gasteiger partial charge on any atom is -0.493 e. The van der Waals surface area contributed by atoms with Gasteiger partial charge in [0, 0.05) is 58.5 Å². The minimum absolute atomic E-state index is 0. The van der Waals surface area contributed by atoms with Gasteiger partial charge in [0.2, 0.25) is 0 Å². The van der Waals surface area contributed by atoms with Crippen molar-refractivity contribution < 1.29 is 41.6 Å². The molecule has 0 radical (unpaired) electrons. The Morgan fingerprint density at radius 3 is 1.43 bits per heavy atom. The van der Waals surface area contributed by atoms with Crippen LogP contribution < -0.4 is 28.4 Å². The number of benzene rings is 5. The number of para-hydroxylation sites is 1. The van der Waals surface area contributed by atoms with Gasteiger partial charge in [0.1, 0.15) is 15.8 Å². The Morgan fingerprint density at radius 1 is 0.608 bits per heavy atom. The molecule has 5 aromatic carbocycles. The normalized spacial score (nSPS) is 11.1. The number of hydrogen-bond donors (Lipinski definition) is 0. The average molecular weight is 1100 g/mol. The number of ether oxygens (including phenoxy) is 6. The summed E-state index contributed by atoms with van der Waals surface area (Å²) in [6.45, 7) is 15.8. The molecule has 0 unspecified atom stereocenters. The van der Waals surface area contributed by atoms with Crippen LogP contribution in [0.2, 0.25) is 14.5 Å². The van der Waals surface area contributed by atoms with Crippen molar-refractivity contribution in [3.63, 3.8) is 0 Å². The van der Waals surface area contributed by atoms with Crippen LogP contribution in [0.4, 0.5) is 30.2 Å². The molecule has 0 bridgehead atoms. The zero-order valence-electron chi connectivity index (χ0n) is 43.1. The van der Waals surface area contributed by atoms with Crippen molar-refractivity contribution >= 4 is 82.2 Å². The summed E-state index contributed by atoms with van der Waals surface area (Å²) >= 11 is 18.5. The van der Waals surface area contributed by atoms with Crippen molar-refractivity contribution in [3.05, 3.63) is 122 Å². The lowest BCUT2D eigenvalue weighted by Gasteiger charge is -2.18. The van der Waals surface area contributed by atoms with Crippen LogP contribution in [0.15, 0.2) is 99.9 Å². The zero-order chi connectivity index (χ0) is 54.0. The summed E-state index contributed by atoms with van der Waals surface area (Å²) in [7, 11) is 10.5. The molecule has 0 saturated carbocycles. The largest absolute Gasteiger partial charge is 0.493 e. The lowest BCUT2D eigenvalue weighted by molar-refractivity contribution is -0.137. The summed E-state index contributed by atoms with van der Waals surface area (Å²) in [5.41, 5.74) is 4.17. The predicted molar refractivity (Wildman–Crippen MR) is 299 cm³/mol. The lowest BCUT2D eigenvalue weighted by atomic mass is 10.1. The molecule has 0 aliphatic carbocycles. The average Bonchev–Trinajstić information content (AvgIpc) is 3.68. The highest BCUT2D eigenvalue weighted by Crippen LogP contribution is 2.43. The third-order valence-electron chi connectivity index (χ3n) is 10.6. The number of aryl methyl sites for hydroxylation is 3. The molecular weight excluding hydrogens is 1040 g/mol. The predicted octanol–water partition coefficient (Wildman–Crippen LogP) is 16.7. The van der Waals surface area contributed by atoms with Gasteiger partial charge in [-0.15, -0.1) is 0 Å². The molecule has 20 heteroatoms. The molecule has 74 heavy (non-hydrogen) atoms. The second kappa shape index (κ2) is 29.5. The van der Waals surface area contributed by atoms with Crippen molar-refractivity contribution in [2.75, 3.05) is 55.6 Å². The first-order chi connectivity index (χ1) is 34.6. The second-order valence-electron chi connectivity index (χ2n) is 16.3. The van der Waals surface area contributed by atoms with Gasteiger partial charge < -0.3 is 43.1 Å². The zero-order valence-corrected chi connectivity index (χ0v) is 46.1. The first-order valence-electron chi connectivity index (χ1n) is 22.7. The number of hydrogen-bond acceptors (Lipinski definition) is 11. The van der Waals surface area contributed by atoms with E-state index in [-0.39, 0.29) is 29.1 Å². The number of nitrogens with zero attached hydrogens (tertiary/aromatic N) is 7. The van der Waals surface area contributed by atoms with Gasteiger partial charge in [-0.2, -0.15) is 18.2 Å². The first kappa shape index (κ1) is 61.9. The smallest absolute Gasteiger partial charge is 0.417 e. The Hall–Kier alpha value is -6.40. The van der Waals surface area contributed by atoms with Crippen molar-refractivity contribution in [1.29, 1.82) is 0 Å². The molecule has 0 saturated heterocycles. The van der Waals surface area contributed by atoms with Gasteiger partial charge in [-0.3, -0.25) is 0 Å². The molecular formula is C54H65Cl3F3N7O6S.